The molecule has 9 heteroatoms. The maximum absolute atomic E-state index is 5.82. The highest BCUT2D eigenvalue weighted by Crippen LogP contribution is 2.43. The van der Waals surface area contributed by atoms with Crippen LogP contribution in [0.15, 0.2) is 362 Å². The maximum atomic E-state index is 5.82. The number of aromatic nitrogens is 8. The van der Waals surface area contributed by atoms with E-state index in [-0.39, 0.29) is 27.1 Å². The Morgan fingerprint density at radius 3 is 0.926 bits per heavy atom. The monoisotopic (exact) mass is 1590 g/mol. The smallest absolute Gasteiger partial charge is 0.239 e. The van der Waals surface area contributed by atoms with Gasteiger partial charge in [-0.05, 0) is 165 Å². The Kier molecular flexibility index (Phi) is 20.4. The van der Waals surface area contributed by atoms with E-state index < -0.39 is 0 Å². The summed E-state index contributed by atoms with van der Waals surface area (Å²) in [6.07, 6.45) is 0. The van der Waals surface area contributed by atoms with Gasteiger partial charge < -0.3 is 18.1 Å². The molecular formula is C113H104N8O. The van der Waals surface area contributed by atoms with Crippen molar-refractivity contribution in [1.82, 2.24) is 37.8 Å². The van der Waals surface area contributed by atoms with Crippen LogP contribution in [0.3, 0.4) is 0 Å². The first kappa shape index (κ1) is 79.2. The topological polar surface area (TPSA) is 76.5 Å². The Hall–Kier alpha value is -13.9. The molecule has 0 N–H and O–H groups in total. The molecule has 0 saturated heterocycles. The first-order valence-corrected chi connectivity index (χ1v) is 42.7. The van der Waals surface area contributed by atoms with Crippen molar-refractivity contribution >= 4 is 131 Å². The zero-order valence-corrected chi connectivity index (χ0v) is 72.5. The molecule has 0 aliphatic carbocycles. The molecular weight excluding hydrogens is 1490 g/mol. The van der Waals surface area contributed by atoms with Crippen LogP contribution in [0.1, 0.15) is 132 Å². The quantitative estimate of drug-likeness (QED) is 0.172. The van der Waals surface area contributed by atoms with Gasteiger partial charge in [-0.2, -0.15) is 15.0 Å². The molecule has 0 atom stereocenters. The number of rotatable bonds is 5. The van der Waals surface area contributed by atoms with E-state index in [1.165, 1.54) is 137 Å². The number of nitrogens with zero attached hydrogens (tertiary/aromatic N) is 8. The van der Waals surface area contributed by atoms with Crippen molar-refractivity contribution in [3.8, 4) is 29.0 Å². The van der Waals surface area contributed by atoms with Gasteiger partial charge in [0.15, 0.2) is 0 Å². The van der Waals surface area contributed by atoms with E-state index in [4.69, 9.17) is 19.4 Å². The number of fused-ring (bicyclic) bond motifs is 18. The lowest BCUT2D eigenvalue weighted by molar-refractivity contribution is 0.537. The molecule has 0 saturated carbocycles. The molecule has 9 nitrogen and oxygen atoms in total. The molecule has 0 unspecified atom stereocenters. The van der Waals surface area contributed by atoms with Crippen LogP contribution in [0.5, 0.6) is 0 Å². The summed E-state index contributed by atoms with van der Waals surface area (Å²) in [4.78, 5) is 15.2. The fraction of sp³-hybridized carbons (Fsp3) is 0.177. The predicted molar refractivity (Wildman–Crippen MR) is 518 cm³/mol. The normalized spacial score (nSPS) is 12.2. The first-order valence-electron chi connectivity index (χ1n) is 42.7. The summed E-state index contributed by atoms with van der Waals surface area (Å²) < 4.78 is 17.3. The van der Waals surface area contributed by atoms with Crippen molar-refractivity contribution in [2.45, 2.75) is 131 Å². The van der Waals surface area contributed by atoms with Crippen LogP contribution in [-0.2, 0) is 27.1 Å². The third-order valence-corrected chi connectivity index (χ3v) is 23.7. The van der Waals surface area contributed by atoms with Gasteiger partial charge >= 0.3 is 0 Å². The molecule has 22 rings (SSSR count). The molecule has 7 aromatic heterocycles. The zero-order chi connectivity index (χ0) is 84.6. The summed E-state index contributed by atoms with van der Waals surface area (Å²) in [5.41, 5.74) is 23.3. The van der Waals surface area contributed by atoms with Gasteiger partial charge in [-0.3, -0.25) is 9.13 Å². The Morgan fingerprint density at radius 1 is 0.197 bits per heavy atom. The average molecular weight is 1590 g/mol. The molecule has 0 aliphatic heterocycles. The van der Waals surface area contributed by atoms with Gasteiger partial charge in [0.25, 0.3) is 0 Å². The van der Waals surface area contributed by atoms with E-state index >= 15 is 0 Å². The lowest BCUT2D eigenvalue weighted by atomic mass is 9.84. The fourth-order valence-corrected chi connectivity index (χ4v) is 17.4. The number of benzene rings is 15. The van der Waals surface area contributed by atoms with E-state index in [0.29, 0.717) is 11.9 Å². The second-order valence-electron chi connectivity index (χ2n) is 37.3. The van der Waals surface area contributed by atoms with Gasteiger partial charge in [0, 0.05) is 87.1 Å². The molecule has 0 aliphatic rings. The molecule has 0 radical (unpaired) electrons. The molecule has 0 bridgehead atoms. The van der Waals surface area contributed by atoms with Crippen LogP contribution < -0.4 is 0 Å². The Labute approximate surface area is 714 Å². The third-order valence-electron chi connectivity index (χ3n) is 23.7. The van der Waals surface area contributed by atoms with Gasteiger partial charge in [-0.15, -0.1) is 0 Å². The number of para-hydroxylation sites is 11. The summed E-state index contributed by atoms with van der Waals surface area (Å²) in [7, 11) is 0. The lowest BCUT2D eigenvalue weighted by Gasteiger charge is -2.20. The lowest BCUT2D eigenvalue weighted by Crippen LogP contribution is -2.20. The summed E-state index contributed by atoms with van der Waals surface area (Å²) in [6.45, 7) is 33.6. The predicted octanol–water partition coefficient (Wildman–Crippen LogP) is 30.5. The van der Waals surface area contributed by atoms with Crippen LogP contribution >= 0.6 is 0 Å². The van der Waals surface area contributed by atoms with Crippen molar-refractivity contribution < 1.29 is 4.42 Å². The van der Waals surface area contributed by atoms with Gasteiger partial charge in [0.1, 0.15) is 17.0 Å². The second kappa shape index (κ2) is 31.4. The van der Waals surface area contributed by atoms with Crippen molar-refractivity contribution in [2.75, 3.05) is 0 Å². The molecule has 15 aromatic carbocycles. The van der Waals surface area contributed by atoms with E-state index in [2.05, 4.69) is 472 Å². The number of hydrogen-bond donors (Lipinski definition) is 0. The second-order valence-corrected chi connectivity index (χ2v) is 37.3. The average Bonchev–Trinajstić information content (AvgIpc) is 1.85. The van der Waals surface area contributed by atoms with Crippen LogP contribution in [0, 0.1) is 0 Å². The number of furan rings is 1. The summed E-state index contributed by atoms with van der Waals surface area (Å²) in [5.74, 6) is 2.01. The molecule has 7 heterocycles. The van der Waals surface area contributed by atoms with Crippen molar-refractivity contribution in [3.05, 3.63) is 386 Å². The van der Waals surface area contributed by atoms with Crippen LogP contribution in [0.25, 0.3) is 160 Å². The SMILES string of the molecule is CC(C)(C)c1ccc2c(c1)c1ccccc1n2-c1ccccc1.CC(C)(C)c1ccc2c3ccccc3n(-c3ccccc3)c2c1.CC(C)(C)c1ccc2oc3ccccc3c2c1.CC(C)(C)c1cccc2c1c1ccccc1n2-c1ccccc1.CC(C)(C)c1nc(-n2c3ccccc3c3ccccc32)nc(-n2c3ccccc3c3ccccc32)n1. The highest BCUT2D eigenvalue weighted by Gasteiger charge is 2.28. The molecule has 0 fully saturated rings. The standard InChI is InChI=1S/C31H25N5.3C22H21N.C16H16O/c1-31(2,3)28-32-29(35-24-16-8-4-12-20(24)21-13-5-9-17-25(21)35)34-30(33-28)36-26-18-10-6-14-22(26)23-15-7-11-19-27(23)36;1-22(2,3)18-13-9-15-20-21(18)17-12-7-8-14-19(17)23(20)16-10-5-4-6-11-16;1-22(2,3)16-13-14-21-19(15-16)18-11-7-8-12-20(18)23(21)17-9-5-4-6-10-17;1-22(2,3)16-13-14-19-18-11-7-8-12-20(18)23(21(19)15-16)17-9-5-4-6-10-17;1-16(2,3)11-8-9-15-13(10-11)12-6-4-5-7-14(12)17-15/h4-19H,1-3H3;3*4-15H,1-3H3;4-10H,1-3H3. The van der Waals surface area contributed by atoms with Gasteiger partial charge in [-0.1, -0.05) is 340 Å². The molecule has 22 aromatic rings. The van der Waals surface area contributed by atoms with Gasteiger partial charge in [-0.25, -0.2) is 0 Å². The van der Waals surface area contributed by atoms with Crippen LogP contribution in [-0.4, -0.2) is 37.8 Å². The largest absolute Gasteiger partial charge is 0.456 e. The summed E-state index contributed by atoms with van der Waals surface area (Å²) in [5, 5.41) is 15.1. The molecule has 0 spiro atoms. The van der Waals surface area contributed by atoms with Gasteiger partial charge in [0.05, 0.1) is 55.2 Å². The van der Waals surface area contributed by atoms with Crippen molar-refractivity contribution in [2.24, 2.45) is 0 Å². The maximum Gasteiger partial charge on any atom is 0.239 e. The third kappa shape index (κ3) is 14.8. The van der Waals surface area contributed by atoms with Crippen LogP contribution in [0.4, 0.5) is 0 Å². The minimum absolute atomic E-state index is 0.116. The van der Waals surface area contributed by atoms with Crippen molar-refractivity contribution in [3.63, 3.8) is 0 Å². The Morgan fingerprint density at radius 2 is 0.500 bits per heavy atom. The zero-order valence-electron chi connectivity index (χ0n) is 72.5. The minimum atomic E-state index is -0.260. The van der Waals surface area contributed by atoms with Crippen LogP contribution in [0.2, 0.25) is 0 Å². The molecule has 602 valence electrons. The van der Waals surface area contributed by atoms with E-state index in [9.17, 15) is 0 Å². The van der Waals surface area contributed by atoms with Crippen molar-refractivity contribution in [1.29, 1.82) is 0 Å². The summed E-state index contributed by atoms with van der Waals surface area (Å²) >= 11 is 0. The fourth-order valence-electron chi connectivity index (χ4n) is 17.4. The summed E-state index contributed by atoms with van der Waals surface area (Å²) in [6, 6.07) is 127. The molecule has 0 amide bonds. The first-order chi connectivity index (χ1) is 58.7. The van der Waals surface area contributed by atoms with E-state index in [1.54, 1.807) is 0 Å². The van der Waals surface area contributed by atoms with Gasteiger partial charge in [0.2, 0.25) is 11.9 Å². The highest BCUT2D eigenvalue weighted by molar-refractivity contribution is 6.14. The molecule has 122 heavy (non-hydrogen) atoms. The highest BCUT2D eigenvalue weighted by atomic mass is 16.3. The minimum Gasteiger partial charge on any atom is -0.456 e. The van der Waals surface area contributed by atoms with E-state index in [0.717, 1.165) is 39.1 Å². The Bertz CT molecular complexity index is 7350. The Balaban J connectivity index is 0.000000107. The number of hydrogen-bond acceptors (Lipinski definition) is 4. The van der Waals surface area contributed by atoms with E-state index in [1.807, 2.05) is 12.1 Å².